The molecule has 0 aliphatic rings. The van der Waals surface area contributed by atoms with Crippen LogP contribution < -0.4 is 4.72 Å². The SMILES string of the molecule is Cc1nnc(C(NS(C)(=O)=O)c2ccccc2)o1. The Morgan fingerprint density at radius 2 is 1.89 bits per heavy atom. The van der Waals surface area contributed by atoms with Crippen LogP contribution in [0.1, 0.15) is 23.4 Å². The summed E-state index contributed by atoms with van der Waals surface area (Å²) in [6.07, 6.45) is 1.09. The van der Waals surface area contributed by atoms with Gasteiger partial charge in [0.05, 0.1) is 6.26 Å². The predicted octanol–water partition coefficient (Wildman–Crippen LogP) is 1.02. The van der Waals surface area contributed by atoms with E-state index in [1.54, 1.807) is 19.1 Å². The molecule has 7 heteroatoms. The highest BCUT2D eigenvalue weighted by atomic mass is 32.2. The number of benzene rings is 1. The average Bonchev–Trinajstić information content (AvgIpc) is 2.73. The molecule has 1 aromatic heterocycles. The van der Waals surface area contributed by atoms with E-state index in [0.717, 1.165) is 11.8 Å². The minimum absolute atomic E-state index is 0.226. The van der Waals surface area contributed by atoms with Gasteiger partial charge in [-0.05, 0) is 5.56 Å². The van der Waals surface area contributed by atoms with Crippen LogP contribution in [-0.2, 0) is 10.0 Å². The summed E-state index contributed by atoms with van der Waals surface area (Å²) in [6, 6.07) is 8.40. The first-order valence-electron chi connectivity index (χ1n) is 5.28. The standard InChI is InChI=1S/C11H13N3O3S/c1-8-12-13-11(17-8)10(14-18(2,15)16)9-6-4-3-5-7-9/h3-7,10,14H,1-2H3. The summed E-state index contributed by atoms with van der Waals surface area (Å²) in [5.41, 5.74) is 0.742. The molecule has 1 aromatic carbocycles. The van der Waals surface area contributed by atoms with Gasteiger partial charge >= 0.3 is 0 Å². The summed E-state index contributed by atoms with van der Waals surface area (Å²) < 4.78 is 30.6. The van der Waals surface area contributed by atoms with Gasteiger partial charge in [0.2, 0.25) is 21.8 Å². The Hall–Kier alpha value is -1.73. The number of sulfonamides is 1. The fourth-order valence-electron chi connectivity index (χ4n) is 1.55. The van der Waals surface area contributed by atoms with Crippen LogP contribution in [0.15, 0.2) is 34.7 Å². The largest absolute Gasteiger partial charge is 0.423 e. The lowest BCUT2D eigenvalue weighted by Gasteiger charge is -2.13. The smallest absolute Gasteiger partial charge is 0.238 e. The number of aryl methyl sites for hydroxylation is 1. The van der Waals surface area contributed by atoms with Crippen LogP contribution in [0.4, 0.5) is 0 Å². The molecule has 2 aromatic rings. The van der Waals surface area contributed by atoms with Gasteiger partial charge in [0.1, 0.15) is 6.04 Å². The fourth-order valence-corrected chi connectivity index (χ4v) is 2.21. The molecule has 6 nitrogen and oxygen atoms in total. The van der Waals surface area contributed by atoms with Crippen LogP contribution in [0.5, 0.6) is 0 Å². The number of nitrogens with one attached hydrogen (secondary N) is 1. The van der Waals surface area contributed by atoms with Gasteiger partial charge in [0.15, 0.2) is 0 Å². The highest BCUT2D eigenvalue weighted by Crippen LogP contribution is 2.21. The third-order valence-corrected chi connectivity index (χ3v) is 2.92. The number of rotatable bonds is 4. The summed E-state index contributed by atoms with van der Waals surface area (Å²) in [4.78, 5) is 0. The van der Waals surface area contributed by atoms with E-state index in [1.165, 1.54) is 0 Å². The monoisotopic (exact) mass is 267 g/mol. The van der Waals surface area contributed by atoms with Gasteiger partial charge in [-0.25, -0.2) is 8.42 Å². The Kier molecular flexibility index (Phi) is 3.44. The third kappa shape index (κ3) is 3.14. The van der Waals surface area contributed by atoms with Crippen molar-refractivity contribution in [3.05, 3.63) is 47.7 Å². The van der Waals surface area contributed by atoms with Crippen molar-refractivity contribution in [2.75, 3.05) is 6.26 Å². The molecular formula is C11H13N3O3S. The van der Waals surface area contributed by atoms with Crippen molar-refractivity contribution in [3.8, 4) is 0 Å². The molecule has 1 heterocycles. The average molecular weight is 267 g/mol. The van der Waals surface area contributed by atoms with Crippen molar-refractivity contribution in [2.24, 2.45) is 0 Å². The molecule has 0 aliphatic carbocycles. The second-order valence-corrected chi connectivity index (χ2v) is 5.67. The molecule has 2 rings (SSSR count). The minimum Gasteiger partial charge on any atom is -0.423 e. The zero-order valence-electron chi connectivity index (χ0n) is 9.99. The molecule has 1 atom stereocenters. The molecule has 1 unspecified atom stereocenters. The summed E-state index contributed by atoms with van der Waals surface area (Å²) in [5, 5.41) is 7.57. The molecule has 0 fully saturated rings. The summed E-state index contributed by atoms with van der Waals surface area (Å²) >= 11 is 0. The molecule has 0 saturated carbocycles. The zero-order chi connectivity index (χ0) is 13.2. The van der Waals surface area contributed by atoms with Crippen molar-refractivity contribution >= 4 is 10.0 Å². The highest BCUT2D eigenvalue weighted by Gasteiger charge is 2.23. The Morgan fingerprint density at radius 1 is 1.22 bits per heavy atom. The van der Waals surface area contributed by atoms with E-state index in [9.17, 15) is 8.42 Å². The second-order valence-electron chi connectivity index (χ2n) is 3.89. The van der Waals surface area contributed by atoms with E-state index >= 15 is 0 Å². The van der Waals surface area contributed by atoms with E-state index in [2.05, 4.69) is 14.9 Å². The quantitative estimate of drug-likeness (QED) is 0.893. The molecule has 0 bridgehead atoms. The Balaban J connectivity index is 2.41. The molecule has 0 radical (unpaired) electrons. The van der Waals surface area contributed by atoms with Crippen LogP contribution in [-0.4, -0.2) is 24.9 Å². The van der Waals surface area contributed by atoms with E-state index in [0.29, 0.717) is 5.89 Å². The molecule has 0 amide bonds. The Labute approximate surface area is 105 Å². The van der Waals surface area contributed by atoms with Crippen molar-refractivity contribution < 1.29 is 12.8 Å². The number of nitrogens with zero attached hydrogens (tertiary/aromatic N) is 2. The van der Waals surface area contributed by atoms with Gasteiger partial charge < -0.3 is 4.42 Å². The Bertz CT molecular complexity index is 622. The van der Waals surface area contributed by atoms with Crippen molar-refractivity contribution in [1.82, 2.24) is 14.9 Å². The first-order valence-corrected chi connectivity index (χ1v) is 7.17. The van der Waals surface area contributed by atoms with Gasteiger partial charge in [-0.15, -0.1) is 10.2 Å². The van der Waals surface area contributed by atoms with E-state index in [-0.39, 0.29) is 5.89 Å². The number of hydrogen-bond donors (Lipinski definition) is 1. The highest BCUT2D eigenvalue weighted by molar-refractivity contribution is 7.88. The van der Waals surface area contributed by atoms with Gasteiger partial charge in [-0.2, -0.15) is 4.72 Å². The molecule has 0 aliphatic heterocycles. The lowest BCUT2D eigenvalue weighted by atomic mass is 10.1. The van der Waals surface area contributed by atoms with Crippen molar-refractivity contribution in [3.63, 3.8) is 0 Å². The fraction of sp³-hybridized carbons (Fsp3) is 0.273. The molecule has 0 saturated heterocycles. The van der Waals surface area contributed by atoms with Gasteiger partial charge in [0, 0.05) is 6.92 Å². The van der Waals surface area contributed by atoms with E-state index in [1.807, 2.05) is 18.2 Å². The molecular weight excluding hydrogens is 254 g/mol. The van der Waals surface area contributed by atoms with Crippen molar-refractivity contribution in [2.45, 2.75) is 13.0 Å². The van der Waals surface area contributed by atoms with Crippen LogP contribution in [0, 0.1) is 6.92 Å². The number of hydrogen-bond acceptors (Lipinski definition) is 5. The molecule has 96 valence electrons. The topological polar surface area (TPSA) is 85.1 Å². The second kappa shape index (κ2) is 4.87. The van der Waals surface area contributed by atoms with Crippen molar-refractivity contribution in [1.29, 1.82) is 0 Å². The maximum atomic E-state index is 11.4. The first-order chi connectivity index (χ1) is 8.46. The van der Waals surface area contributed by atoms with Crippen LogP contribution in [0.2, 0.25) is 0 Å². The summed E-state index contributed by atoms with van der Waals surface area (Å²) in [6.45, 7) is 1.65. The zero-order valence-corrected chi connectivity index (χ0v) is 10.8. The Morgan fingerprint density at radius 3 is 2.39 bits per heavy atom. The van der Waals surface area contributed by atoms with Gasteiger partial charge in [0.25, 0.3) is 0 Å². The third-order valence-electron chi connectivity index (χ3n) is 2.25. The lowest BCUT2D eigenvalue weighted by Crippen LogP contribution is -2.28. The van der Waals surface area contributed by atoms with E-state index < -0.39 is 16.1 Å². The summed E-state index contributed by atoms with van der Waals surface area (Å²) in [7, 11) is -3.39. The predicted molar refractivity (Wildman–Crippen MR) is 65.3 cm³/mol. The van der Waals surface area contributed by atoms with Crippen LogP contribution >= 0.6 is 0 Å². The molecule has 0 spiro atoms. The minimum atomic E-state index is -3.39. The lowest BCUT2D eigenvalue weighted by molar-refractivity contribution is 0.437. The molecule has 18 heavy (non-hydrogen) atoms. The van der Waals surface area contributed by atoms with Crippen LogP contribution in [0.3, 0.4) is 0 Å². The maximum Gasteiger partial charge on any atom is 0.238 e. The van der Waals surface area contributed by atoms with Crippen LogP contribution in [0.25, 0.3) is 0 Å². The number of aromatic nitrogens is 2. The van der Waals surface area contributed by atoms with E-state index in [4.69, 9.17) is 4.42 Å². The van der Waals surface area contributed by atoms with Gasteiger partial charge in [-0.1, -0.05) is 30.3 Å². The summed E-state index contributed by atoms with van der Waals surface area (Å²) in [5.74, 6) is 0.616. The molecule has 1 N–H and O–H groups in total. The normalized spacial score (nSPS) is 13.4. The van der Waals surface area contributed by atoms with Gasteiger partial charge in [-0.3, -0.25) is 0 Å². The maximum absolute atomic E-state index is 11.4. The first kappa shape index (κ1) is 12.7.